The largest absolute Gasteiger partial charge is 0.507 e. The maximum absolute atomic E-state index is 10.7. The standard InChI is InChI=1S/C50H52N14O2/c1-27-44-33-23-39(31-7-3-5-9-42(31)65)59-61-47(33)54-36(44)15-21-63(27)49-53-26-35(29-11-17-51-18-12-29)46(58-49)41-25-38(30-13-19-52-20-14-30)56-50(57-41)64-22-16-37-45(28(64)2)34-24-40(60-62-48(34)55-37)32-8-4-6-10-43(32)66/h3-10,23-30,51-52,65-66H,11-22H2,1-2H3,(H,54,61)(H,55,62)/t27-,28+/m1/s1. The number of fused-ring (bicyclic) bond motifs is 6. The number of aromatic hydroxyl groups is 2. The number of H-pyrrole nitrogens is 2. The van der Waals surface area contributed by atoms with E-state index in [2.05, 4.69) is 76.9 Å². The zero-order valence-electron chi connectivity index (χ0n) is 37.1. The maximum atomic E-state index is 10.7. The summed E-state index contributed by atoms with van der Waals surface area (Å²) in [6.45, 7) is 9.64. The maximum Gasteiger partial charge on any atom is 0.226 e. The van der Waals surface area contributed by atoms with E-state index in [1.54, 1.807) is 12.1 Å². The Morgan fingerprint density at radius 2 is 1.11 bits per heavy atom. The predicted octanol–water partition coefficient (Wildman–Crippen LogP) is 7.40. The number of phenols is 2. The van der Waals surface area contributed by atoms with Crippen LogP contribution in [-0.4, -0.2) is 99.8 Å². The lowest BCUT2D eigenvalue weighted by molar-refractivity contribution is 0.452. The first kappa shape index (κ1) is 40.5. The summed E-state index contributed by atoms with van der Waals surface area (Å²) in [5.41, 5.74) is 12.4. The number of aromatic amines is 2. The molecule has 16 nitrogen and oxygen atoms in total. The number of piperidine rings is 2. The Morgan fingerprint density at radius 3 is 1.67 bits per heavy atom. The topological polar surface area (TPSA) is 206 Å². The third-order valence-corrected chi connectivity index (χ3v) is 14.5. The van der Waals surface area contributed by atoms with Gasteiger partial charge in [0.1, 0.15) is 11.5 Å². The molecule has 2 fully saturated rings. The van der Waals surface area contributed by atoms with Gasteiger partial charge >= 0.3 is 0 Å². The molecule has 0 saturated carbocycles. The number of rotatable bonds is 7. The van der Waals surface area contributed by atoms with Gasteiger partial charge < -0.3 is 40.6 Å². The summed E-state index contributed by atoms with van der Waals surface area (Å²) in [5, 5.41) is 48.7. The number of para-hydroxylation sites is 2. The van der Waals surface area contributed by atoms with E-state index in [0.29, 0.717) is 34.4 Å². The highest BCUT2D eigenvalue weighted by Crippen LogP contribution is 2.43. The monoisotopic (exact) mass is 880 g/mol. The van der Waals surface area contributed by atoms with Crippen molar-refractivity contribution in [2.24, 2.45) is 0 Å². The third-order valence-electron chi connectivity index (χ3n) is 14.5. The van der Waals surface area contributed by atoms with Crippen LogP contribution in [0.3, 0.4) is 0 Å². The van der Waals surface area contributed by atoms with E-state index < -0.39 is 0 Å². The van der Waals surface area contributed by atoms with E-state index in [0.717, 1.165) is 145 Å². The van der Waals surface area contributed by atoms with Crippen molar-refractivity contribution in [1.82, 2.24) is 60.9 Å². The number of aromatic nitrogens is 10. The SMILES string of the molecule is C[C@@H]1c2c([nH]c3nnc(-c4ccccc4O)cc23)CCN1c1ncc(C2CCNCC2)c(-c2cc(C3CCNCC3)nc(N3CCc4[nH]c5nnc(-c6ccccc6O)cc5c4[C@@H]3C)n2)n1. The summed E-state index contributed by atoms with van der Waals surface area (Å²) in [4.78, 5) is 33.5. The molecule has 10 heterocycles. The Labute approximate surface area is 381 Å². The van der Waals surface area contributed by atoms with Crippen LogP contribution in [0.2, 0.25) is 0 Å². The summed E-state index contributed by atoms with van der Waals surface area (Å²) in [6, 6.07) is 20.6. The second-order valence-corrected chi connectivity index (χ2v) is 18.3. The lowest BCUT2D eigenvalue weighted by Crippen LogP contribution is -2.36. The zero-order valence-corrected chi connectivity index (χ0v) is 37.1. The van der Waals surface area contributed by atoms with Gasteiger partial charge in [-0.1, -0.05) is 24.3 Å². The highest BCUT2D eigenvalue weighted by atomic mass is 16.3. The molecule has 2 saturated heterocycles. The first-order valence-electron chi connectivity index (χ1n) is 23.4. The first-order valence-corrected chi connectivity index (χ1v) is 23.4. The molecule has 6 N–H and O–H groups in total. The number of nitrogens with one attached hydrogen (secondary N) is 4. The fourth-order valence-corrected chi connectivity index (χ4v) is 11.0. The highest BCUT2D eigenvalue weighted by Gasteiger charge is 2.35. The van der Waals surface area contributed by atoms with Gasteiger partial charge in [0.2, 0.25) is 11.9 Å². The van der Waals surface area contributed by atoms with E-state index in [4.69, 9.17) is 19.9 Å². The predicted molar refractivity (Wildman–Crippen MR) is 254 cm³/mol. The van der Waals surface area contributed by atoms with E-state index in [-0.39, 0.29) is 35.4 Å². The molecule has 2 aromatic carbocycles. The normalized spacial score (nSPS) is 19.4. The van der Waals surface area contributed by atoms with Crippen LogP contribution < -0.4 is 20.4 Å². The minimum atomic E-state index is -0.0828. The Bertz CT molecular complexity index is 3130. The Hall–Kier alpha value is -7.04. The van der Waals surface area contributed by atoms with E-state index >= 15 is 0 Å². The van der Waals surface area contributed by atoms with Crippen LogP contribution >= 0.6 is 0 Å². The summed E-state index contributed by atoms with van der Waals surface area (Å²) < 4.78 is 0. The fourth-order valence-electron chi connectivity index (χ4n) is 11.0. The number of hydrogen-bond donors (Lipinski definition) is 6. The molecular weight excluding hydrogens is 829 g/mol. The number of anilines is 2. The van der Waals surface area contributed by atoms with Gasteiger partial charge in [0.15, 0.2) is 11.3 Å². The quantitative estimate of drug-likeness (QED) is 0.0923. The van der Waals surface area contributed by atoms with Gasteiger partial charge in [-0.3, -0.25) is 0 Å². The number of nitrogens with zero attached hydrogens (tertiary/aromatic N) is 10. The molecule has 4 aliphatic rings. The summed E-state index contributed by atoms with van der Waals surface area (Å²) in [6.07, 6.45) is 7.57. The zero-order chi connectivity index (χ0) is 44.5. The number of benzene rings is 2. The molecule has 8 aromatic rings. The van der Waals surface area contributed by atoms with Crippen molar-refractivity contribution in [3.63, 3.8) is 0 Å². The van der Waals surface area contributed by atoms with Crippen LogP contribution in [0.25, 0.3) is 56.0 Å². The lowest BCUT2D eigenvalue weighted by Gasteiger charge is -2.35. The van der Waals surface area contributed by atoms with Gasteiger partial charge in [0.25, 0.3) is 0 Å². The first-order chi connectivity index (χ1) is 32.4. The average Bonchev–Trinajstić information content (AvgIpc) is 3.93. The molecule has 334 valence electrons. The van der Waals surface area contributed by atoms with Crippen molar-refractivity contribution in [3.8, 4) is 45.4 Å². The molecule has 0 amide bonds. The summed E-state index contributed by atoms with van der Waals surface area (Å²) in [5.74, 6) is 2.26. The van der Waals surface area contributed by atoms with Crippen molar-refractivity contribution < 1.29 is 10.2 Å². The van der Waals surface area contributed by atoms with E-state index in [9.17, 15) is 10.2 Å². The molecule has 66 heavy (non-hydrogen) atoms. The molecule has 2 atom stereocenters. The average molecular weight is 881 g/mol. The molecule has 0 aliphatic carbocycles. The minimum Gasteiger partial charge on any atom is -0.507 e. The summed E-state index contributed by atoms with van der Waals surface area (Å²) >= 11 is 0. The van der Waals surface area contributed by atoms with Gasteiger partial charge in [-0.2, -0.15) is 0 Å². The molecule has 0 unspecified atom stereocenters. The fraction of sp³-hybridized carbons (Fsp3) is 0.360. The second-order valence-electron chi connectivity index (χ2n) is 18.3. The number of phenolic OH excluding ortho intramolecular Hbond substituents is 2. The van der Waals surface area contributed by atoms with Crippen molar-refractivity contribution in [1.29, 1.82) is 0 Å². The summed E-state index contributed by atoms with van der Waals surface area (Å²) in [7, 11) is 0. The molecule has 0 bridgehead atoms. The Kier molecular flexibility index (Phi) is 10.1. The van der Waals surface area contributed by atoms with Gasteiger partial charge in [-0.15, -0.1) is 20.4 Å². The molecule has 6 aromatic heterocycles. The van der Waals surface area contributed by atoms with E-state index in [1.165, 1.54) is 0 Å². The smallest absolute Gasteiger partial charge is 0.226 e. The van der Waals surface area contributed by atoms with Gasteiger partial charge in [-0.05, 0) is 114 Å². The van der Waals surface area contributed by atoms with Gasteiger partial charge in [0, 0.05) is 93.7 Å². The Morgan fingerprint density at radius 1 is 0.576 bits per heavy atom. The molecule has 4 aliphatic heterocycles. The highest BCUT2D eigenvalue weighted by molar-refractivity contribution is 5.88. The molecular formula is C50H52N14O2. The van der Waals surface area contributed by atoms with Crippen LogP contribution in [-0.2, 0) is 12.8 Å². The van der Waals surface area contributed by atoms with Crippen molar-refractivity contribution in [2.75, 3.05) is 49.1 Å². The van der Waals surface area contributed by atoms with Crippen molar-refractivity contribution in [2.45, 2.75) is 76.3 Å². The van der Waals surface area contributed by atoms with Crippen LogP contribution in [0.15, 0.2) is 72.9 Å². The van der Waals surface area contributed by atoms with E-state index in [1.807, 2.05) is 48.5 Å². The molecule has 16 heteroatoms. The Balaban J connectivity index is 0.957. The van der Waals surface area contributed by atoms with Gasteiger partial charge in [0.05, 0.1) is 34.9 Å². The molecule has 0 spiro atoms. The van der Waals surface area contributed by atoms with Crippen LogP contribution in [0.5, 0.6) is 11.5 Å². The van der Waals surface area contributed by atoms with Crippen LogP contribution in [0.1, 0.15) is 97.2 Å². The van der Waals surface area contributed by atoms with Crippen LogP contribution in [0, 0.1) is 0 Å². The number of hydrogen-bond acceptors (Lipinski definition) is 14. The minimum absolute atomic E-state index is 0.0802. The van der Waals surface area contributed by atoms with Gasteiger partial charge in [-0.25, -0.2) is 19.9 Å². The van der Waals surface area contributed by atoms with Crippen molar-refractivity contribution >= 4 is 34.0 Å². The van der Waals surface area contributed by atoms with Crippen LogP contribution in [0.4, 0.5) is 11.9 Å². The van der Waals surface area contributed by atoms with Crippen molar-refractivity contribution in [3.05, 3.63) is 107 Å². The third kappa shape index (κ3) is 6.97. The molecule has 0 radical (unpaired) electrons. The second kappa shape index (κ2) is 16.4. The molecule has 12 rings (SSSR count). The lowest BCUT2D eigenvalue weighted by atomic mass is 9.88.